The highest BCUT2D eigenvalue weighted by Gasteiger charge is 2.31. The second kappa shape index (κ2) is 5.26. The van der Waals surface area contributed by atoms with Crippen LogP contribution in [0.25, 0.3) is 0 Å². The standard InChI is InChI=1S/2C5H9O.CH4.Mg/c2*1-5(2,3)4-6;;/h2*1-3H3;1H4;. The van der Waals surface area contributed by atoms with Crippen LogP contribution < -0.4 is 0 Å². The third-order valence-electron chi connectivity index (χ3n) is 1.99. The average Bonchev–Trinajstić information content (AvgIpc) is 1.82. The van der Waals surface area contributed by atoms with Crippen molar-refractivity contribution in [1.82, 2.24) is 0 Å². The van der Waals surface area contributed by atoms with Crippen molar-refractivity contribution in [3.63, 3.8) is 0 Å². The lowest BCUT2D eigenvalue weighted by Gasteiger charge is -2.21. The lowest BCUT2D eigenvalue weighted by Crippen LogP contribution is -2.36. The minimum atomic E-state index is -1.23. The number of rotatable bonds is 2. The summed E-state index contributed by atoms with van der Waals surface area (Å²) < 4.78 is 0.319. The first-order valence-corrected chi connectivity index (χ1v) is 6.03. The Balaban J connectivity index is 0. The summed E-state index contributed by atoms with van der Waals surface area (Å²) in [5, 5.41) is 0. The summed E-state index contributed by atoms with van der Waals surface area (Å²) in [7, 11) is 0. The van der Waals surface area contributed by atoms with E-state index >= 15 is 0 Å². The van der Waals surface area contributed by atoms with Crippen LogP contribution >= 0.6 is 0 Å². The Labute approximate surface area is 97.6 Å². The van der Waals surface area contributed by atoms with Crippen LogP contribution in [0, 0.1) is 10.8 Å². The molecule has 0 unspecified atom stereocenters. The molecule has 0 aliphatic heterocycles. The zero-order valence-corrected chi connectivity index (χ0v) is 10.9. The fourth-order valence-corrected chi connectivity index (χ4v) is 2.03. The molecular weight excluding hydrogens is 188 g/mol. The van der Waals surface area contributed by atoms with Crippen LogP contribution in [0.1, 0.15) is 49.0 Å². The van der Waals surface area contributed by atoms with Gasteiger partial charge in [-0.2, -0.15) is 0 Å². The maximum atomic E-state index is 11.6. The third-order valence-corrected chi connectivity index (χ3v) is 4.76. The van der Waals surface area contributed by atoms with Gasteiger partial charge in [0, 0.05) is 7.83 Å². The first-order chi connectivity index (χ1) is 5.55. The normalized spacial score (nSPS) is 11.3. The molecule has 0 fully saturated rings. The third kappa shape index (κ3) is 5.76. The molecule has 0 aliphatic rings. The zero-order chi connectivity index (χ0) is 10.9. The molecule has 0 amide bonds. The van der Waals surface area contributed by atoms with Crippen LogP contribution in [0.15, 0.2) is 0 Å². The van der Waals surface area contributed by atoms with E-state index in [9.17, 15) is 9.59 Å². The first kappa shape index (κ1) is 16.5. The van der Waals surface area contributed by atoms with Gasteiger partial charge in [0.05, 0.1) is 0 Å². The smallest absolute Gasteiger partial charge is 0.335 e. The van der Waals surface area contributed by atoms with E-state index in [2.05, 4.69) is 0 Å². The molecule has 0 atom stereocenters. The summed E-state index contributed by atoms with van der Waals surface area (Å²) in [5.41, 5.74) is -0.680. The van der Waals surface area contributed by atoms with E-state index < -0.39 is 20.4 Å². The molecule has 0 N–H and O–H groups in total. The monoisotopic (exact) mass is 210 g/mol. The zero-order valence-electron chi connectivity index (χ0n) is 9.52. The Morgan fingerprint density at radius 2 is 1.00 bits per heavy atom. The molecule has 14 heavy (non-hydrogen) atoms. The fraction of sp³-hybridized carbons (Fsp3) is 0.818. The summed E-state index contributed by atoms with van der Waals surface area (Å²) in [5.74, 6) is 0. The molecule has 80 valence electrons. The average molecular weight is 211 g/mol. The van der Waals surface area contributed by atoms with Gasteiger partial charge in [-0.25, -0.2) is 0 Å². The second-order valence-electron chi connectivity index (χ2n) is 5.52. The summed E-state index contributed by atoms with van der Waals surface area (Å²) in [4.78, 5) is 23.1. The van der Waals surface area contributed by atoms with Gasteiger partial charge in [-0.3, -0.25) is 0 Å². The SMILES string of the molecule is C.CC(C)(C)[C](=O)[Mg][C](=O)C(C)(C)C. The maximum Gasteiger partial charge on any atom is 0.568 e. The van der Waals surface area contributed by atoms with Gasteiger partial charge in [-0.1, -0.05) is 49.0 Å². The Hall–Kier alpha value is 0.106. The van der Waals surface area contributed by atoms with Crippen molar-refractivity contribution in [3.05, 3.63) is 0 Å². The molecule has 2 nitrogen and oxygen atoms in total. The number of hydrogen-bond acceptors (Lipinski definition) is 2. The lowest BCUT2D eigenvalue weighted by molar-refractivity contribution is -0.122. The predicted octanol–water partition coefficient (Wildman–Crippen LogP) is 2.47. The molecule has 0 aromatic carbocycles. The van der Waals surface area contributed by atoms with Gasteiger partial charge < -0.3 is 9.59 Å². The second-order valence-corrected chi connectivity index (χ2v) is 7.16. The Kier molecular flexibility index (Phi) is 6.21. The molecule has 0 aromatic heterocycles. The van der Waals surface area contributed by atoms with Crippen molar-refractivity contribution < 1.29 is 9.59 Å². The van der Waals surface area contributed by atoms with Crippen LogP contribution in [-0.4, -0.2) is 28.2 Å². The largest absolute Gasteiger partial charge is 0.568 e. The lowest BCUT2D eigenvalue weighted by atomic mass is 9.98. The number of carbonyl (C=O) groups is 2. The van der Waals surface area contributed by atoms with Crippen molar-refractivity contribution in [2.24, 2.45) is 10.8 Å². The molecule has 3 heteroatoms. The molecular formula is C11H22MgO2. The molecule has 0 aromatic rings. The summed E-state index contributed by atoms with van der Waals surface area (Å²) in [6, 6.07) is 0. The van der Waals surface area contributed by atoms with Gasteiger partial charge in [-0.15, -0.1) is 0 Å². The van der Waals surface area contributed by atoms with E-state index in [-0.39, 0.29) is 26.1 Å². The van der Waals surface area contributed by atoms with Gasteiger partial charge in [-0.05, 0) is 10.8 Å². The maximum absolute atomic E-state index is 11.6. The quantitative estimate of drug-likeness (QED) is 0.656. The van der Waals surface area contributed by atoms with Crippen molar-refractivity contribution in [3.8, 4) is 0 Å². The molecule has 0 radical (unpaired) electrons. The number of hydrogen-bond donors (Lipinski definition) is 0. The molecule has 0 heterocycles. The summed E-state index contributed by atoms with van der Waals surface area (Å²) in [6.07, 6.45) is 0. The summed E-state index contributed by atoms with van der Waals surface area (Å²) >= 11 is -1.23. The Morgan fingerprint density at radius 3 is 1.14 bits per heavy atom. The highest BCUT2D eigenvalue weighted by molar-refractivity contribution is 6.98. The minimum Gasteiger partial charge on any atom is -0.335 e. The van der Waals surface area contributed by atoms with E-state index in [0.717, 1.165) is 0 Å². The molecule has 0 spiro atoms. The van der Waals surface area contributed by atoms with Gasteiger partial charge in [0.1, 0.15) is 0 Å². The van der Waals surface area contributed by atoms with Crippen LogP contribution in [0.5, 0.6) is 0 Å². The summed E-state index contributed by atoms with van der Waals surface area (Å²) in [6.45, 7) is 11.2. The van der Waals surface area contributed by atoms with E-state index in [4.69, 9.17) is 0 Å². The van der Waals surface area contributed by atoms with E-state index in [1.807, 2.05) is 41.5 Å². The highest BCUT2D eigenvalue weighted by atomic mass is 24.5. The topological polar surface area (TPSA) is 34.1 Å². The number of carbonyl (C=O) groups excluding carboxylic acids is 2. The molecule has 0 saturated heterocycles. The van der Waals surface area contributed by atoms with E-state index in [1.165, 1.54) is 0 Å². The van der Waals surface area contributed by atoms with Gasteiger partial charge in [0.25, 0.3) is 0 Å². The van der Waals surface area contributed by atoms with E-state index in [0.29, 0.717) is 0 Å². The van der Waals surface area contributed by atoms with Crippen LogP contribution in [0.4, 0.5) is 0 Å². The molecule has 0 saturated carbocycles. The van der Waals surface area contributed by atoms with Gasteiger partial charge in [0.15, 0.2) is 0 Å². The van der Waals surface area contributed by atoms with Crippen LogP contribution in [-0.2, 0) is 9.59 Å². The molecule has 0 rings (SSSR count). The van der Waals surface area contributed by atoms with Crippen molar-refractivity contribution >= 4 is 28.2 Å². The first-order valence-electron chi connectivity index (χ1n) is 4.62. The highest BCUT2D eigenvalue weighted by Crippen LogP contribution is 2.18. The minimum absolute atomic E-state index is 0. The van der Waals surface area contributed by atoms with Crippen molar-refractivity contribution in [2.45, 2.75) is 49.0 Å². The van der Waals surface area contributed by atoms with Crippen LogP contribution in [0.2, 0.25) is 0 Å². The van der Waals surface area contributed by atoms with Gasteiger partial charge in [0.2, 0.25) is 0 Å². The Bertz CT molecular complexity index is 194. The van der Waals surface area contributed by atoms with E-state index in [1.54, 1.807) is 0 Å². The predicted molar refractivity (Wildman–Crippen MR) is 61.4 cm³/mol. The fourth-order valence-electron chi connectivity index (χ4n) is 0.676. The van der Waals surface area contributed by atoms with Crippen molar-refractivity contribution in [1.29, 1.82) is 0 Å². The molecule has 0 aliphatic carbocycles. The van der Waals surface area contributed by atoms with Crippen LogP contribution in [0.3, 0.4) is 0 Å². The van der Waals surface area contributed by atoms with Crippen molar-refractivity contribution in [2.75, 3.05) is 0 Å². The Morgan fingerprint density at radius 1 is 0.786 bits per heavy atom. The van der Waals surface area contributed by atoms with Gasteiger partial charge >= 0.3 is 20.4 Å². The molecule has 0 bridgehead atoms.